The highest BCUT2D eigenvalue weighted by Crippen LogP contribution is 2.26. The second-order valence-corrected chi connectivity index (χ2v) is 4.73. The van der Waals surface area contributed by atoms with Crippen molar-refractivity contribution >= 4 is 16.6 Å². The minimum Gasteiger partial charge on any atom is -0.595 e. The maximum atomic E-state index is 11.3. The number of pyridine rings is 2. The Morgan fingerprint density at radius 3 is 2.73 bits per heavy atom. The Hall–Kier alpha value is -2.85. The number of hydrogen-bond donors (Lipinski definition) is 2. The van der Waals surface area contributed by atoms with Gasteiger partial charge in [-0.1, -0.05) is 24.3 Å². The highest BCUT2D eigenvalue weighted by molar-refractivity contribution is 5.78. The van der Waals surface area contributed by atoms with E-state index in [0.717, 1.165) is 10.9 Å². The van der Waals surface area contributed by atoms with E-state index in [-0.39, 0.29) is 11.4 Å². The number of benzene rings is 1. The summed E-state index contributed by atoms with van der Waals surface area (Å²) in [6, 6.07) is 16.2. The minimum absolute atomic E-state index is 0.0176. The lowest BCUT2D eigenvalue weighted by Gasteiger charge is -2.17. The molecule has 3 aromatic rings. The van der Waals surface area contributed by atoms with Crippen LogP contribution in [0, 0.1) is 16.5 Å². The number of quaternary nitrogens is 1. The molecule has 2 atom stereocenters. The molecule has 22 heavy (non-hydrogen) atoms. The molecule has 0 saturated carbocycles. The predicted molar refractivity (Wildman–Crippen MR) is 79.2 cm³/mol. The fourth-order valence-corrected chi connectivity index (χ4v) is 2.34. The van der Waals surface area contributed by atoms with Crippen molar-refractivity contribution in [2.24, 2.45) is 0 Å². The maximum Gasteiger partial charge on any atom is 0.187 e. The number of hydrogen-bond acceptors (Lipinski definition) is 5. The number of fused-ring (bicyclic) bond motifs is 1. The molecule has 0 fully saturated rings. The van der Waals surface area contributed by atoms with Crippen LogP contribution in [0.5, 0.6) is 0 Å². The molecule has 6 heteroatoms. The Balaban J connectivity index is 2.13. The van der Waals surface area contributed by atoms with E-state index < -0.39 is 11.1 Å². The molecule has 0 aliphatic heterocycles. The van der Waals surface area contributed by atoms with Gasteiger partial charge in [0.05, 0.1) is 17.3 Å². The highest BCUT2D eigenvalue weighted by atomic mass is 16.8. The molecule has 0 amide bonds. The molecule has 0 aliphatic carbocycles. The molecule has 0 spiro atoms. The number of rotatable bonds is 3. The fraction of sp³-hybridized carbons (Fsp3) is 0.0625. The third-order valence-corrected chi connectivity index (χ3v) is 3.39. The SMILES string of the molecule is N#CC(c1ccc2ccccc2n1)c1ncccc1[NH+]([O-])O. The average Bonchev–Trinajstić information content (AvgIpc) is 2.56. The highest BCUT2D eigenvalue weighted by Gasteiger charge is 2.23. The summed E-state index contributed by atoms with van der Waals surface area (Å²) >= 11 is 0. The Morgan fingerprint density at radius 1 is 1.14 bits per heavy atom. The summed E-state index contributed by atoms with van der Waals surface area (Å²) in [7, 11) is 0. The number of nitriles is 1. The van der Waals surface area contributed by atoms with Crippen molar-refractivity contribution < 1.29 is 10.4 Å². The van der Waals surface area contributed by atoms with Crippen LogP contribution in [0.2, 0.25) is 0 Å². The van der Waals surface area contributed by atoms with E-state index in [1.807, 2.05) is 30.3 Å². The van der Waals surface area contributed by atoms with E-state index >= 15 is 0 Å². The van der Waals surface area contributed by atoms with Gasteiger partial charge in [-0.05, 0) is 18.2 Å². The lowest BCUT2D eigenvalue weighted by Crippen LogP contribution is -2.99. The second kappa shape index (κ2) is 5.87. The second-order valence-electron chi connectivity index (χ2n) is 4.73. The van der Waals surface area contributed by atoms with Crippen molar-refractivity contribution in [3.8, 4) is 6.07 Å². The van der Waals surface area contributed by atoms with Crippen LogP contribution in [0.15, 0.2) is 54.7 Å². The third-order valence-electron chi connectivity index (χ3n) is 3.39. The van der Waals surface area contributed by atoms with Crippen LogP contribution >= 0.6 is 0 Å². The largest absolute Gasteiger partial charge is 0.595 e. The molecule has 2 unspecified atom stereocenters. The zero-order valence-electron chi connectivity index (χ0n) is 11.5. The minimum atomic E-state index is -1.11. The summed E-state index contributed by atoms with van der Waals surface area (Å²) in [6.07, 6.45) is 1.48. The summed E-state index contributed by atoms with van der Waals surface area (Å²) in [4.78, 5) is 8.55. The van der Waals surface area contributed by atoms with Crippen LogP contribution in [0.1, 0.15) is 17.3 Å². The van der Waals surface area contributed by atoms with Gasteiger partial charge < -0.3 is 5.21 Å². The maximum absolute atomic E-state index is 11.3. The number of nitrogens with one attached hydrogen (secondary N) is 1. The number of nitrogens with zero attached hydrogens (tertiary/aromatic N) is 3. The van der Waals surface area contributed by atoms with Crippen LogP contribution < -0.4 is 5.23 Å². The van der Waals surface area contributed by atoms with Crippen LogP contribution in [-0.2, 0) is 0 Å². The molecule has 0 saturated heterocycles. The van der Waals surface area contributed by atoms with Gasteiger partial charge in [-0.3, -0.25) is 9.97 Å². The number of aromatic nitrogens is 2. The summed E-state index contributed by atoms with van der Waals surface area (Å²) in [5.41, 5.74) is 1.47. The molecule has 3 rings (SSSR count). The Labute approximate surface area is 126 Å². The molecule has 6 nitrogen and oxygen atoms in total. The Morgan fingerprint density at radius 2 is 1.95 bits per heavy atom. The van der Waals surface area contributed by atoms with E-state index in [4.69, 9.17) is 0 Å². The molecule has 0 aliphatic rings. The molecular formula is C16H12N4O2. The van der Waals surface area contributed by atoms with Crippen molar-refractivity contribution in [1.29, 1.82) is 5.26 Å². The van der Waals surface area contributed by atoms with Gasteiger partial charge in [-0.2, -0.15) is 10.5 Å². The van der Waals surface area contributed by atoms with Crippen molar-refractivity contribution in [2.75, 3.05) is 0 Å². The molecule has 2 heterocycles. The molecule has 0 radical (unpaired) electrons. The van der Waals surface area contributed by atoms with Crippen molar-refractivity contribution in [2.45, 2.75) is 5.92 Å². The summed E-state index contributed by atoms with van der Waals surface area (Å²) in [6.45, 7) is 0. The van der Waals surface area contributed by atoms with Gasteiger partial charge in [0.1, 0.15) is 11.6 Å². The van der Waals surface area contributed by atoms with E-state index in [9.17, 15) is 15.7 Å². The normalized spacial score (nSPS) is 13.5. The Bertz CT molecular complexity index is 858. The lowest BCUT2D eigenvalue weighted by atomic mass is 9.99. The molecular weight excluding hydrogens is 280 g/mol. The molecule has 0 bridgehead atoms. The van der Waals surface area contributed by atoms with E-state index in [1.54, 1.807) is 6.07 Å². The van der Waals surface area contributed by atoms with Gasteiger partial charge in [0.25, 0.3) is 0 Å². The molecule has 108 valence electrons. The van der Waals surface area contributed by atoms with Crippen LogP contribution in [0.25, 0.3) is 10.9 Å². The summed E-state index contributed by atoms with van der Waals surface area (Å²) in [5, 5.41) is 29.9. The van der Waals surface area contributed by atoms with Crippen LogP contribution in [-0.4, -0.2) is 15.2 Å². The van der Waals surface area contributed by atoms with E-state index in [2.05, 4.69) is 16.0 Å². The zero-order chi connectivity index (χ0) is 15.5. The zero-order valence-corrected chi connectivity index (χ0v) is 11.5. The van der Waals surface area contributed by atoms with Gasteiger partial charge in [0, 0.05) is 17.6 Å². The van der Waals surface area contributed by atoms with Crippen LogP contribution in [0.3, 0.4) is 0 Å². The van der Waals surface area contributed by atoms with E-state index in [0.29, 0.717) is 5.69 Å². The summed E-state index contributed by atoms with van der Waals surface area (Å²) in [5.74, 6) is -0.822. The van der Waals surface area contributed by atoms with Gasteiger partial charge in [-0.15, -0.1) is 0 Å². The first-order valence-corrected chi connectivity index (χ1v) is 6.64. The molecule has 2 aromatic heterocycles. The first-order valence-electron chi connectivity index (χ1n) is 6.64. The smallest absolute Gasteiger partial charge is 0.187 e. The lowest BCUT2D eigenvalue weighted by molar-refractivity contribution is -0.991. The molecule has 1 aromatic carbocycles. The van der Waals surface area contributed by atoms with E-state index in [1.165, 1.54) is 18.3 Å². The van der Waals surface area contributed by atoms with Gasteiger partial charge in [-0.25, -0.2) is 5.21 Å². The van der Waals surface area contributed by atoms with Gasteiger partial charge in [0.2, 0.25) is 0 Å². The predicted octanol–water partition coefficient (Wildman–Crippen LogP) is 1.69. The van der Waals surface area contributed by atoms with Crippen LogP contribution in [0.4, 0.5) is 5.69 Å². The number of para-hydroxylation sites is 1. The Kier molecular flexibility index (Phi) is 3.76. The molecule has 2 N–H and O–H groups in total. The first-order chi connectivity index (χ1) is 10.7. The topological polar surface area (TPSA) is 97.3 Å². The first kappa shape index (κ1) is 14.1. The van der Waals surface area contributed by atoms with Gasteiger partial charge >= 0.3 is 0 Å². The van der Waals surface area contributed by atoms with Gasteiger partial charge in [0.15, 0.2) is 5.69 Å². The van der Waals surface area contributed by atoms with Crippen molar-refractivity contribution in [1.82, 2.24) is 9.97 Å². The quantitative estimate of drug-likeness (QED) is 0.716. The fourth-order valence-electron chi connectivity index (χ4n) is 2.34. The average molecular weight is 292 g/mol. The monoisotopic (exact) mass is 292 g/mol. The van der Waals surface area contributed by atoms with Crippen molar-refractivity contribution in [3.05, 3.63) is 71.3 Å². The van der Waals surface area contributed by atoms with Crippen molar-refractivity contribution in [3.63, 3.8) is 0 Å². The standard InChI is InChI=1S/C16H12N4O2/c17-10-12(16-15(20(21)22)6-3-9-18-16)14-8-7-11-4-1-2-5-13(11)19-14/h1-9,12,20-21H. The summed E-state index contributed by atoms with van der Waals surface area (Å²) < 4.78 is 0. The third kappa shape index (κ3) is 2.52.